The Hall–Kier alpha value is -2.01. The van der Waals surface area contributed by atoms with Gasteiger partial charge in [-0.2, -0.15) is 0 Å². The van der Waals surface area contributed by atoms with Crippen molar-refractivity contribution in [3.63, 3.8) is 0 Å². The third-order valence-electron chi connectivity index (χ3n) is 3.23. The summed E-state index contributed by atoms with van der Waals surface area (Å²) in [7, 11) is 1.64. The van der Waals surface area contributed by atoms with Gasteiger partial charge in [-0.3, -0.25) is 4.57 Å². The van der Waals surface area contributed by atoms with Gasteiger partial charge in [0.15, 0.2) is 0 Å². The lowest BCUT2D eigenvalue weighted by atomic mass is 10.2. The highest BCUT2D eigenvalue weighted by Crippen LogP contribution is 2.30. The highest BCUT2D eigenvalue weighted by molar-refractivity contribution is 9.10. The Kier molecular flexibility index (Phi) is 3.14. The van der Waals surface area contributed by atoms with Crippen molar-refractivity contribution in [3.8, 4) is 11.4 Å². The van der Waals surface area contributed by atoms with Crippen LogP contribution in [0.25, 0.3) is 16.7 Å². The molecule has 0 aliphatic carbocycles. The topological polar surface area (TPSA) is 53.1 Å². The lowest BCUT2D eigenvalue weighted by Gasteiger charge is -2.09. The molecule has 0 fully saturated rings. The molecule has 0 radical (unpaired) electrons. The van der Waals surface area contributed by atoms with E-state index in [0.29, 0.717) is 5.95 Å². The van der Waals surface area contributed by atoms with Gasteiger partial charge < -0.3 is 10.5 Å². The van der Waals surface area contributed by atoms with E-state index in [2.05, 4.69) is 33.9 Å². The van der Waals surface area contributed by atoms with E-state index in [1.165, 1.54) is 5.56 Å². The van der Waals surface area contributed by atoms with Crippen molar-refractivity contribution in [2.45, 2.75) is 6.92 Å². The number of anilines is 1. The Balaban J connectivity index is 2.26. The van der Waals surface area contributed by atoms with Gasteiger partial charge in [-0.05, 0) is 58.7 Å². The molecule has 0 spiro atoms. The number of methoxy groups -OCH3 is 1. The second-order valence-electron chi connectivity index (χ2n) is 4.62. The monoisotopic (exact) mass is 331 g/mol. The van der Waals surface area contributed by atoms with Crippen molar-refractivity contribution in [1.82, 2.24) is 9.55 Å². The van der Waals surface area contributed by atoms with Crippen LogP contribution in [-0.2, 0) is 0 Å². The average Bonchev–Trinajstić information content (AvgIpc) is 2.74. The Bertz CT molecular complexity index is 795. The lowest BCUT2D eigenvalue weighted by Crippen LogP contribution is -2.01. The van der Waals surface area contributed by atoms with Crippen molar-refractivity contribution in [2.75, 3.05) is 12.8 Å². The minimum Gasteiger partial charge on any atom is -0.496 e. The Morgan fingerprint density at radius 2 is 2.00 bits per heavy atom. The van der Waals surface area contributed by atoms with Crippen LogP contribution in [0.2, 0.25) is 0 Å². The fraction of sp³-hybridized carbons (Fsp3) is 0.133. The molecule has 1 aromatic heterocycles. The Morgan fingerprint density at radius 1 is 1.20 bits per heavy atom. The average molecular weight is 332 g/mol. The van der Waals surface area contributed by atoms with E-state index in [9.17, 15) is 0 Å². The first kappa shape index (κ1) is 13.0. The lowest BCUT2D eigenvalue weighted by molar-refractivity contribution is 0.412. The third kappa shape index (κ3) is 2.04. The molecule has 20 heavy (non-hydrogen) atoms. The molecular formula is C15H14BrN3O. The third-order valence-corrected chi connectivity index (χ3v) is 3.85. The number of halogens is 1. The molecule has 4 nitrogen and oxygen atoms in total. The molecule has 5 heteroatoms. The fourth-order valence-corrected chi connectivity index (χ4v) is 2.80. The summed E-state index contributed by atoms with van der Waals surface area (Å²) in [6.07, 6.45) is 0. The number of nitrogens with two attached hydrogens (primary N) is 1. The van der Waals surface area contributed by atoms with Crippen molar-refractivity contribution >= 4 is 32.9 Å². The number of imidazole rings is 1. The highest BCUT2D eigenvalue weighted by atomic mass is 79.9. The predicted molar refractivity (Wildman–Crippen MR) is 84.5 cm³/mol. The van der Waals surface area contributed by atoms with Gasteiger partial charge in [-0.25, -0.2) is 4.98 Å². The van der Waals surface area contributed by atoms with Gasteiger partial charge in [0.2, 0.25) is 5.95 Å². The second-order valence-corrected chi connectivity index (χ2v) is 5.47. The maximum atomic E-state index is 6.06. The van der Waals surface area contributed by atoms with Crippen LogP contribution >= 0.6 is 15.9 Å². The normalized spacial score (nSPS) is 10.9. The standard InChI is InChI=1S/C15H14BrN3O/c1-9-3-5-12-13(7-9)19(15(17)18-12)10-4-6-14(20-2)11(16)8-10/h3-8H,1-2H3,(H2,17,18). The maximum absolute atomic E-state index is 6.06. The van der Waals surface area contributed by atoms with Gasteiger partial charge in [0.25, 0.3) is 0 Å². The van der Waals surface area contributed by atoms with Crippen LogP contribution in [0.4, 0.5) is 5.95 Å². The smallest absolute Gasteiger partial charge is 0.205 e. The van der Waals surface area contributed by atoms with Gasteiger partial charge in [0, 0.05) is 0 Å². The van der Waals surface area contributed by atoms with Gasteiger partial charge in [-0.15, -0.1) is 0 Å². The summed E-state index contributed by atoms with van der Waals surface area (Å²) in [5.41, 5.74) is 10.1. The maximum Gasteiger partial charge on any atom is 0.205 e. The molecule has 0 amide bonds. The van der Waals surface area contributed by atoms with Gasteiger partial charge >= 0.3 is 0 Å². The molecule has 0 bridgehead atoms. The fourth-order valence-electron chi connectivity index (χ4n) is 2.27. The molecule has 0 saturated heterocycles. The summed E-state index contributed by atoms with van der Waals surface area (Å²) in [6, 6.07) is 11.9. The van der Waals surface area contributed by atoms with E-state index >= 15 is 0 Å². The van der Waals surface area contributed by atoms with Crippen LogP contribution in [0.1, 0.15) is 5.56 Å². The summed E-state index contributed by atoms with van der Waals surface area (Å²) in [5.74, 6) is 1.26. The van der Waals surface area contributed by atoms with E-state index in [4.69, 9.17) is 10.5 Å². The number of aromatic nitrogens is 2. The zero-order valence-corrected chi connectivity index (χ0v) is 12.8. The first-order valence-electron chi connectivity index (χ1n) is 6.18. The minimum atomic E-state index is 0.475. The first-order chi connectivity index (χ1) is 9.60. The van der Waals surface area contributed by atoms with Crippen LogP contribution in [-0.4, -0.2) is 16.7 Å². The minimum absolute atomic E-state index is 0.475. The van der Waals surface area contributed by atoms with E-state index < -0.39 is 0 Å². The van der Waals surface area contributed by atoms with E-state index in [0.717, 1.165) is 26.9 Å². The summed E-state index contributed by atoms with van der Waals surface area (Å²) in [4.78, 5) is 4.40. The van der Waals surface area contributed by atoms with Gasteiger partial charge in [0.05, 0.1) is 28.3 Å². The summed E-state index contributed by atoms with van der Waals surface area (Å²) in [6.45, 7) is 2.05. The molecule has 2 N–H and O–H groups in total. The largest absolute Gasteiger partial charge is 0.496 e. The first-order valence-corrected chi connectivity index (χ1v) is 6.98. The number of fused-ring (bicyclic) bond motifs is 1. The van der Waals surface area contributed by atoms with Gasteiger partial charge in [0.1, 0.15) is 5.75 Å². The Labute approximate surface area is 125 Å². The Morgan fingerprint density at radius 3 is 2.70 bits per heavy atom. The highest BCUT2D eigenvalue weighted by Gasteiger charge is 2.11. The molecule has 1 heterocycles. The zero-order chi connectivity index (χ0) is 14.3. The number of benzene rings is 2. The number of aryl methyl sites for hydroxylation is 1. The molecule has 3 rings (SSSR count). The van der Waals surface area contributed by atoms with Crippen LogP contribution < -0.4 is 10.5 Å². The van der Waals surface area contributed by atoms with Crippen LogP contribution in [0.5, 0.6) is 5.75 Å². The number of hydrogen-bond donors (Lipinski definition) is 1. The number of rotatable bonds is 2. The SMILES string of the molecule is COc1ccc(-n2c(N)nc3ccc(C)cc32)cc1Br. The number of hydrogen-bond acceptors (Lipinski definition) is 3. The molecule has 3 aromatic rings. The summed E-state index contributed by atoms with van der Waals surface area (Å²) >= 11 is 3.50. The molecule has 2 aromatic carbocycles. The van der Waals surface area contributed by atoms with E-state index in [-0.39, 0.29) is 0 Å². The molecule has 0 aliphatic heterocycles. The quantitative estimate of drug-likeness (QED) is 0.779. The second kappa shape index (κ2) is 4.83. The number of ether oxygens (including phenoxy) is 1. The van der Waals surface area contributed by atoms with Crippen LogP contribution in [0.15, 0.2) is 40.9 Å². The molecule has 102 valence electrons. The summed E-state index contributed by atoms with van der Waals surface area (Å²) < 4.78 is 8.07. The molecule has 0 unspecified atom stereocenters. The predicted octanol–water partition coefficient (Wildman–Crippen LogP) is 3.69. The molecular weight excluding hydrogens is 318 g/mol. The van der Waals surface area contributed by atoms with E-state index in [1.807, 2.05) is 34.9 Å². The van der Waals surface area contributed by atoms with Crippen LogP contribution in [0, 0.1) is 6.92 Å². The number of nitrogen functional groups attached to an aromatic ring is 1. The van der Waals surface area contributed by atoms with Crippen molar-refractivity contribution < 1.29 is 4.74 Å². The van der Waals surface area contributed by atoms with Crippen molar-refractivity contribution in [1.29, 1.82) is 0 Å². The van der Waals surface area contributed by atoms with Gasteiger partial charge in [-0.1, -0.05) is 6.07 Å². The molecule has 0 aliphatic rings. The summed E-state index contributed by atoms with van der Waals surface area (Å²) in [5, 5.41) is 0. The van der Waals surface area contributed by atoms with E-state index in [1.54, 1.807) is 7.11 Å². The van der Waals surface area contributed by atoms with Crippen LogP contribution in [0.3, 0.4) is 0 Å². The molecule has 0 saturated carbocycles. The van der Waals surface area contributed by atoms with Crippen molar-refractivity contribution in [2.24, 2.45) is 0 Å². The number of nitrogens with zero attached hydrogens (tertiary/aromatic N) is 2. The van der Waals surface area contributed by atoms with Crippen molar-refractivity contribution in [3.05, 3.63) is 46.4 Å². The zero-order valence-electron chi connectivity index (χ0n) is 11.2. The molecule has 0 atom stereocenters.